The van der Waals surface area contributed by atoms with E-state index in [0.29, 0.717) is 25.0 Å². The number of amides is 1. The summed E-state index contributed by atoms with van der Waals surface area (Å²) >= 11 is 0. The van der Waals surface area contributed by atoms with Gasteiger partial charge in [-0.05, 0) is 76.0 Å². The standard InChI is InChI=1S/C30H38N4O3/c1-33-25(19-27(31-33)21-9-10-21)7-3-2-4-15-34(30(35)23-13-16-36-17-14-23)26-8-5-6-24(18-26)28-20-29(37-32-28)22-11-12-22/h5-6,8,18-23H,2-4,7,9-17H2,1H3. The first-order valence-electron chi connectivity index (χ1n) is 14.1. The molecule has 3 heterocycles. The maximum Gasteiger partial charge on any atom is 0.230 e. The Labute approximate surface area is 219 Å². The molecule has 1 amide bonds. The molecule has 6 rings (SSSR count). The summed E-state index contributed by atoms with van der Waals surface area (Å²) in [6.45, 7) is 2.06. The summed E-state index contributed by atoms with van der Waals surface area (Å²) < 4.78 is 13.2. The number of ether oxygens (including phenoxy) is 1. The Balaban J connectivity index is 1.12. The second kappa shape index (κ2) is 10.8. The molecular weight excluding hydrogens is 464 g/mol. The minimum Gasteiger partial charge on any atom is -0.381 e. The van der Waals surface area contributed by atoms with Crippen LogP contribution in [0.2, 0.25) is 0 Å². The lowest BCUT2D eigenvalue weighted by molar-refractivity contribution is -0.125. The third-order valence-corrected chi connectivity index (χ3v) is 8.10. The highest BCUT2D eigenvalue weighted by Crippen LogP contribution is 2.41. The lowest BCUT2D eigenvalue weighted by Gasteiger charge is -2.30. The van der Waals surface area contributed by atoms with Crippen molar-refractivity contribution >= 4 is 11.6 Å². The molecule has 0 N–H and O–H groups in total. The van der Waals surface area contributed by atoms with Gasteiger partial charge >= 0.3 is 0 Å². The number of hydrogen-bond donors (Lipinski definition) is 0. The maximum absolute atomic E-state index is 13.7. The summed E-state index contributed by atoms with van der Waals surface area (Å²) in [6, 6.07) is 12.6. The molecule has 0 bridgehead atoms. The predicted octanol–water partition coefficient (Wildman–Crippen LogP) is 6.00. The highest BCUT2D eigenvalue weighted by molar-refractivity contribution is 5.95. The fourth-order valence-corrected chi connectivity index (χ4v) is 5.45. The fourth-order valence-electron chi connectivity index (χ4n) is 5.45. The molecule has 1 aromatic carbocycles. The van der Waals surface area contributed by atoms with Crippen LogP contribution in [0, 0.1) is 5.92 Å². The molecule has 196 valence electrons. The van der Waals surface area contributed by atoms with Crippen molar-refractivity contribution in [2.75, 3.05) is 24.7 Å². The zero-order chi connectivity index (χ0) is 25.2. The van der Waals surface area contributed by atoms with Crippen molar-refractivity contribution in [1.82, 2.24) is 14.9 Å². The van der Waals surface area contributed by atoms with Crippen LogP contribution in [0.15, 0.2) is 40.9 Å². The van der Waals surface area contributed by atoms with E-state index in [4.69, 9.17) is 14.4 Å². The molecule has 3 fully saturated rings. The normalized spacial score (nSPS) is 18.3. The number of rotatable bonds is 11. The molecule has 7 heteroatoms. The zero-order valence-corrected chi connectivity index (χ0v) is 21.9. The van der Waals surface area contributed by atoms with Crippen molar-refractivity contribution in [3.8, 4) is 11.3 Å². The Morgan fingerprint density at radius 3 is 2.59 bits per heavy atom. The van der Waals surface area contributed by atoms with Gasteiger partial charge in [0.05, 0.1) is 5.69 Å². The van der Waals surface area contributed by atoms with E-state index in [0.717, 1.165) is 67.8 Å². The number of nitrogens with zero attached hydrogens (tertiary/aromatic N) is 4. The van der Waals surface area contributed by atoms with E-state index in [2.05, 4.69) is 47.2 Å². The molecule has 0 radical (unpaired) electrons. The Morgan fingerprint density at radius 2 is 1.81 bits per heavy atom. The van der Waals surface area contributed by atoms with Gasteiger partial charge in [-0.25, -0.2) is 0 Å². The number of aryl methyl sites for hydroxylation is 2. The maximum atomic E-state index is 13.7. The topological polar surface area (TPSA) is 73.4 Å². The van der Waals surface area contributed by atoms with Crippen molar-refractivity contribution in [2.24, 2.45) is 13.0 Å². The van der Waals surface area contributed by atoms with Crippen LogP contribution in [0.3, 0.4) is 0 Å². The van der Waals surface area contributed by atoms with Crippen LogP contribution < -0.4 is 4.90 Å². The van der Waals surface area contributed by atoms with Gasteiger partial charge in [0.2, 0.25) is 5.91 Å². The van der Waals surface area contributed by atoms with Crippen LogP contribution >= 0.6 is 0 Å². The van der Waals surface area contributed by atoms with Crippen LogP contribution in [0.25, 0.3) is 11.3 Å². The van der Waals surface area contributed by atoms with E-state index < -0.39 is 0 Å². The molecule has 37 heavy (non-hydrogen) atoms. The zero-order valence-electron chi connectivity index (χ0n) is 21.9. The first kappa shape index (κ1) is 24.4. The molecule has 0 unspecified atom stereocenters. The number of unbranched alkanes of at least 4 members (excludes halogenated alkanes) is 2. The van der Waals surface area contributed by atoms with Gasteiger partial charge in [0.15, 0.2) is 0 Å². The summed E-state index contributed by atoms with van der Waals surface area (Å²) in [7, 11) is 2.06. The number of benzene rings is 1. The van der Waals surface area contributed by atoms with Crippen LogP contribution in [0.4, 0.5) is 5.69 Å². The van der Waals surface area contributed by atoms with Crippen molar-refractivity contribution < 1.29 is 14.1 Å². The van der Waals surface area contributed by atoms with Gasteiger partial charge < -0.3 is 14.2 Å². The average molecular weight is 503 g/mol. The lowest BCUT2D eigenvalue weighted by Crippen LogP contribution is -2.39. The number of hydrogen-bond acceptors (Lipinski definition) is 5. The highest BCUT2D eigenvalue weighted by atomic mass is 16.5. The summed E-state index contributed by atoms with van der Waals surface area (Å²) in [5.41, 5.74) is 5.39. The first-order valence-corrected chi connectivity index (χ1v) is 14.1. The average Bonchev–Trinajstić information content (AvgIpc) is 3.87. The molecular formula is C30H38N4O3. The first-order chi connectivity index (χ1) is 18.2. The van der Waals surface area contributed by atoms with Gasteiger partial charge in [-0.3, -0.25) is 9.48 Å². The van der Waals surface area contributed by atoms with Crippen LogP contribution in [0.1, 0.15) is 86.8 Å². The summed E-state index contributed by atoms with van der Waals surface area (Å²) in [5, 5.41) is 9.02. The number of carbonyl (C=O) groups excluding carboxylic acids is 1. The van der Waals surface area contributed by atoms with E-state index in [-0.39, 0.29) is 11.8 Å². The molecule has 0 spiro atoms. The second-order valence-corrected chi connectivity index (χ2v) is 11.1. The molecule has 3 aliphatic rings. The molecule has 2 aliphatic carbocycles. The van der Waals surface area contributed by atoms with Gasteiger partial charge in [0.25, 0.3) is 0 Å². The smallest absolute Gasteiger partial charge is 0.230 e. The van der Waals surface area contributed by atoms with E-state index in [1.165, 1.54) is 37.1 Å². The fraction of sp³-hybridized carbons (Fsp3) is 0.567. The Morgan fingerprint density at radius 1 is 1.00 bits per heavy atom. The summed E-state index contributed by atoms with van der Waals surface area (Å²) in [4.78, 5) is 15.7. The molecule has 1 saturated heterocycles. The monoisotopic (exact) mass is 502 g/mol. The molecule has 2 saturated carbocycles. The highest BCUT2D eigenvalue weighted by Gasteiger charge is 2.30. The molecule has 2 aromatic heterocycles. The Hall–Kier alpha value is -2.93. The molecule has 1 aliphatic heterocycles. The Kier molecular flexibility index (Phi) is 7.14. The SMILES string of the molecule is Cn1nc(C2CC2)cc1CCCCCN(C(=O)C1CCOCC1)c1cccc(-c2cc(C3CC3)on2)c1. The molecule has 7 nitrogen and oxygen atoms in total. The minimum atomic E-state index is 0.0289. The van der Waals surface area contributed by atoms with Gasteiger partial charge in [-0.2, -0.15) is 5.10 Å². The molecule has 0 atom stereocenters. The van der Waals surface area contributed by atoms with Crippen LogP contribution in [-0.4, -0.2) is 40.6 Å². The number of anilines is 1. The third kappa shape index (κ3) is 5.82. The van der Waals surface area contributed by atoms with Gasteiger partial charge in [0, 0.05) is 67.6 Å². The van der Waals surface area contributed by atoms with Crippen LogP contribution in [0.5, 0.6) is 0 Å². The van der Waals surface area contributed by atoms with Gasteiger partial charge in [-0.1, -0.05) is 23.7 Å². The van der Waals surface area contributed by atoms with Crippen molar-refractivity contribution in [3.63, 3.8) is 0 Å². The third-order valence-electron chi connectivity index (χ3n) is 8.10. The summed E-state index contributed by atoms with van der Waals surface area (Å²) in [5.74, 6) is 2.45. The van der Waals surface area contributed by atoms with Crippen molar-refractivity contribution in [2.45, 2.75) is 76.0 Å². The quantitative estimate of drug-likeness (QED) is 0.301. The Bertz CT molecular complexity index is 1220. The van der Waals surface area contributed by atoms with Crippen LogP contribution in [-0.2, 0) is 23.0 Å². The second-order valence-electron chi connectivity index (χ2n) is 11.1. The van der Waals surface area contributed by atoms with E-state index >= 15 is 0 Å². The van der Waals surface area contributed by atoms with Gasteiger partial charge in [0.1, 0.15) is 11.5 Å². The predicted molar refractivity (Wildman–Crippen MR) is 143 cm³/mol. The van der Waals surface area contributed by atoms with Crippen molar-refractivity contribution in [1.29, 1.82) is 0 Å². The summed E-state index contributed by atoms with van der Waals surface area (Å²) in [6.07, 6.45) is 10.7. The minimum absolute atomic E-state index is 0.0289. The van der Waals surface area contributed by atoms with Gasteiger partial charge in [-0.15, -0.1) is 0 Å². The molecule has 3 aromatic rings. The largest absolute Gasteiger partial charge is 0.381 e. The number of aromatic nitrogens is 3. The lowest BCUT2D eigenvalue weighted by atomic mass is 9.97. The van der Waals surface area contributed by atoms with Crippen molar-refractivity contribution in [3.05, 3.63) is 53.5 Å². The van der Waals surface area contributed by atoms with E-state index in [9.17, 15) is 4.79 Å². The van der Waals surface area contributed by atoms with E-state index in [1.807, 2.05) is 11.0 Å². The number of carbonyl (C=O) groups is 1. The van der Waals surface area contributed by atoms with E-state index in [1.54, 1.807) is 0 Å².